The number of hydrogen-bond donors (Lipinski definition) is 1. The fraction of sp³-hybridized carbons (Fsp3) is 0.158. The first-order valence-electron chi connectivity index (χ1n) is 7.74. The lowest BCUT2D eigenvalue weighted by Crippen LogP contribution is -2.21. The Morgan fingerprint density at radius 3 is 2.58 bits per heavy atom. The van der Waals surface area contributed by atoms with Crippen LogP contribution < -0.4 is 10.7 Å². The normalized spacial score (nSPS) is 16.2. The maximum Gasteiger partial charge on any atom is 0.288 e. The van der Waals surface area contributed by atoms with Crippen LogP contribution in [0.15, 0.2) is 51.7 Å². The second kappa shape index (κ2) is 5.30. The average Bonchev–Trinajstić information content (AvgIpc) is 2.92. The molecule has 1 unspecified atom stereocenters. The van der Waals surface area contributed by atoms with Crippen molar-refractivity contribution in [1.82, 2.24) is 5.32 Å². The molecule has 1 atom stereocenters. The summed E-state index contributed by atoms with van der Waals surface area (Å²) in [5, 5.41) is 3.20. The molecule has 4 nitrogen and oxygen atoms in total. The van der Waals surface area contributed by atoms with Crippen LogP contribution in [0.4, 0.5) is 4.39 Å². The molecule has 1 aliphatic rings. The van der Waals surface area contributed by atoms with E-state index in [4.69, 9.17) is 4.42 Å². The molecule has 0 saturated heterocycles. The van der Waals surface area contributed by atoms with Gasteiger partial charge in [-0.1, -0.05) is 25.1 Å². The van der Waals surface area contributed by atoms with Gasteiger partial charge in [0.2, 0.25) is 5.76 Å². The van der Waals surface area contributed by atoms with Crippen molar-refractivity contribution in [1.29, 1.82) is 0 Å². The first-order valence-corrected chi connectivity index (χ1v) is 7.74. The Hall–Kier alpha value is -2.95. The highest BCUT2D eigenvalue weighted by molar-refractivity contribution is 5.99. The fourth-order valence-electron chi connectivity index (χ4n) is 3.08. The van der Waals surface area contributed by atoms with E-state index in [-0.39, 0.29) is 22.6 Å². The molecule has 1 aromatic heterocycles. The van der Waals surface area contributed by atoms with Gasteiger partial charge in [-0.15, -0.1) is 0 Å². The van der Waals surface area contributed by atoms with Crippen molar-refractivity contribution in [2.45, 2.75) is 19.4 Å². The summed E-state index contributed by atoms with van der Waals surface area (Å²) in [5.41, 5.74) is 2.11. The summed E-state index contributed by atoms with van der Waals surface area (Å²) < 4.78 is 18.8. The van der Waals surface area contributed by atoms with Crippen molar-refractivity contribution < 1.29 is 13.6 Å². The molecular weight excluding hydrogens is 309 g/mol. The number of rotatable bonds is 2. The highest BCUT2D eigenvalue weighted by Crippen LogP contribution is 2.31. The minimum atomic E-state index is -0.626. The molecule has 1 N–H and O–H groups in total. The molecule has 3 aromatic rings. The van der Waals surface area contributed by atoms with E-state index >= 15 is 0 Å². The summed E-state index contributed by atoms with van der Waals surface area (Å²) in [5.74, 6) is -0.773. The quantitative estimate of drug-likeness (QED) is 0.787. The molecule has 24 heavy (non-hydrogen) atoms. The lowest BCUT2D eigenvalue weighted by atomic mass is 9.98. The number of nitrogens with one attached hydrogen (secondary N) is 1. The highest BCUT2D eigenvalue weighted by Gasteiger charge is 2.35. The summed E-state index contributed by atoms with van der Waals surface area (Å²) in [4.78, 5) is 25.2. The number of fused-ring (bicyclic) bond motifs is 2. The molecule has 1 amide bonds. The standard InChI is InChI=1S/C19H14FNO3/c1-2-10-3-8-14-13(9-10)17(22)15-16(21-19(23)18(15)24-14)11-4-6-12(20)7-5-11/h3-9,16H,2H2,1H3,(H,21,23). The van der Waals surface area contributed by atoms with Gasteiger partial charge in [-0.25, -0.2) is 4.39 Å². The molecule has 1 aliphatic heterocycles. The van der Waals surface area contributed by atoms with E-state index in [1.165, 1.54) is 12.1 Å². The van der Waals surface area contributed by atoms with Gasteiger partial charge in [-0.3, -0.25) is 9.59 Å². The second-order valence-electron chi connectivity index (χ2n) is 5.82. The van der Waals surface area contributed by atoms with Crippen LogP contribution >= 0.6 is 0 Å². The Morgan fingerprint density at radius 1 is 1.12 bits per heavy atom. The molecule has 4 rings (SSSR count). The van der Waals surface area contributed by atoms with E-state index in [2.05, 4.69) is 5.32 Å². The maximum absolute atomic E-state index is 13.1. The maximum atomic E-state index is 13.1. The van der Waals surface area contributed by atoms with E-state index < -0.39 is 11.9 Å². The highest BCUT2D eigenvalue weighted by atomic mass is 19.1. The van der Waals surface area contributed by atoms with Crippen LogP contribution in [0.1, 0.15) is 40.2 Å². The summed E-state index contributed by atoms with van der Waals surface area (Å²) >= 11 is 0. The SMILES string of the molecule is CCc1ccc2oc3c(c(=O)c2c1)C(c1ccc(F)cc1)NC3=O. The number of hydrogen-bond acceptors (Lipinski definition) is 3. The first kappa shape index (κ1) is 14.6. The van der Waals surface area contributed by atoms with E-state index in [0.717, 1.165) is 12.0 Å². The van der Waals surface area contributed by atoms with Crippen molar-refractivity contribution in [3.05, 3.63) is 81.0 Å². The molecule has 0 bridgehead atoms. The third kappa shape index (κ3) is 2.12. The minimum absolute atomic E-state index is 0.0334. The third-order valence-corrected chi connectivity index (χ3v) is 4.37. The Balaban J connectivity index is 1.97. The number of aryl methyl sites for hydroxylation is 1. The zero-order valence-corrected chi connectivity index (χ0v) is 12.9. The van der Waals surface area contributed by atoms with E-state index in [1.54, 1.807) is 24.3 Å². The van der Waals surface area contributed by atoms with Gasteiger partial charge in [0.1, 0.15) is 11.4 Å². The van der Waals surface area contributed by atoms with Gasteiger partial charge in [0.05, 0.1) is 17.0 Å². The second-order valence-corrected chi connectivity index (χ2v) is 5.82. The van der Waals surface area contributed by atoms with Gasteiger partial charge in [-0.05, 0) is 41.8 Å². The monoisotopic (exact) mass is 323 g/mol. The van der Waals surface area contributed by atoms with E-state index in [1.807, 2.05) is 13.0 Å². The summed E-state index contributed by atoms with van der Waals surface area (Å²) in [6, 6.07) is 10.5. The van der Waals surface area contributed by atoms with Gasteiger partial charge in [-0.2, -0.15) is 0 Å². The topological polar surface area (TPSA) is 59.3 Å². The van der Waals surface area contributed by atoms with Gasteiger partial charge in [0.25, 0.3) is 5.91 Å². The molecule has 2 aromatic carbocycles. The Kier molecular flexibility index (Phi) is 3.23. The lowest BCUT2D eigenvalue weighted by molar-refractivity contribution is 0.0938. The average molecular weight is 323 g/mol. The molecule has 0 saturated carbocycles. The van der Waals surface area contributed by atoms with Crippen LogP contribution in [0.5, 0.6) is 0 Å². The van der Waals surface area contributed by atoms with Crippen molar-refractivity contribution in [2.24, 2.45) is 0 Å². The van der Waals surface area contributed by atoms with E-state index in [9.17, 15) is 14.0 Å². The summed E-state index contributed by atoms with van der Waals surface area (Å²) in [6.45, 7) is 2.00. The molecule has 0 radical (unpaired) electrons. The van der Waals surface area contributed by atoms with Crippen LogP contribution in [0.2, 0.25) is 0 Å². The molecular formula is C19H14FNO3. The van der Waals surface area contributed by atoms with E-state index in [0.29, 0.717) is 16.5 Å². The number of amides is 1. The molecule has 0 spiro atoms. The Labute approximate surface area is 136 Å². The summed E-state index contributed by atoms with van der Waals surface area (Å²) in [7, 11) is 0. The van der Waals surface area contributed by atoms with Crippen LogP contribution in [-0.4, -0.2) is 5.91 Å². The van der Waals surface area contributed by atoms with Gasteiger partial charge in [0, 0.05) is 0 Å². The largest absolute Gasteiger partial charge is 0.450 e. The number of carbonyl (C=O) groups is 1. The number of benzene rings is 2. The summed E-state index contributed by atoms with van der Waals surface area (Å²) in [6.07, 6.45) is 0.797. The van der Waals surface area contributed by atoms with Crippen LogP contribution in [0, 0.1) is 5.82 Å². The molecule has 120 valence electrons. The smallest absolute Gasteiger partial charge is 0.288 e. The van der Waals surface area contributed by atoms with Crippen molar-refractivity contribution in [3.8, 4) is 0 Å². The van der Waals surface area contributed by atoms with Gasteiger partial charge >= 0.3 is 0 Å². The molecule has 0 aliphatic carbocycles. The molecule has 2 heterocycles. The van der Waals surface area contributed by atoms with Crippen molar-refractivity contribution in [2.75, 3.05) is 0 Å². The van der Waals surface area contributed by atoms with Crippen molar-refractivity contribution in [3.63, 3.8) is 0 Å². The Morgan fingerprint density at radius 2 is 1.88 bits per heavy atom. The zero-order chi connectivity index (χ0) is 16.8. The lowest BCUT2D eigenvalue weighted by Gasteiger charge is -2.11. The Bertz CT molecular complexity index is 1020. The molecule has 5 heteroatoms. The predicted octanol–water partition coefficient (Wildman–Crippen LogP) is 3.33. The predicted molar refractivity (Wildman–Crippen MR) is 87.6 cm³/mol. The number of halogens is 1. The third-order valence-electron chi connectivity index (χ3n) is 4.37. The fourth-order valence-corrected chi connectivity index (χ4v) is 3.08. The van der Waals surface area contributed by atoms with Crippen LogP contribution in [-0.2, 0) is 6.42 Å². The van der Waals surface area contributed by atoms with Crippen molar-refractivity contribution >= 4 is 16.9 Å². The first-order chi connectivity index (χ1) is 11.6. The van der Waals surface area contributed by atoms with Gasteiger partial charge in [0.15, 0.2) is 5.43 Å². The number of carbonyl (C=O) groups excluding carboxylic acids is 1. The zero-order valence-electron chi connectivity index (χ0n) is 12.9. The van der Waals surface area contributed by atoms with Crippen LogP contribution in [0.3, 0.4) is 0 Å². The van der Waals surface area contributed by atoms with Crippen LogP contribution in [0.25, 0.3) is 11.0 Å². The molecule has 0 fully saturated rings. The minimum Gasteiger partial charge on any atom is -0.450 e. The van der Waals surface area contributed by atoms with Gasteiger partial charge < -0.3 is 9.73 Å².